The Morgan fingerprint density at radius 2 is 1.20 bits per heavy atom. The maximum Gasteiger partial charge on any atom is 0.209 e. The zero-order valence-electron chi connectivity index (χ0n) is 24.8. The fourth-order valence-corrected chi connectivity index (χ4v) is 6.44. The minimum atomic E-state index is -0.429. The summed E-state index contributed by atoms with van der Waals surface area (Å²) in [4.78, 5) is 15.5. The number of carbonyl (C=O) groups excluding carboxylic acids is 1. The SMILES string of the molecule is Cc1ccc(C2(c3ccc(OCCOc4ccc(C(=O)c5ccc[nH]5)cc4)cc3)c3ccccc3-c3ccc(C)cc32)cc1. The maximum atomic E-state index is 12.5. The molecule has 0 bridgehead atoms. The molecule has 0 aliphatic heterocycles. The van der Waals surface area contributed by atoms with Gasteiger partial charge in [0.05, 0.1) is 11.1 Å². The molecule has 1 N–H and O–H groups in total. The van der Waals surface area contributed by atoms with Gasteiger partial charge in [0.15, 0.2) is 0 Å². The number of hydrogen-bond acceptors (Lipinski definition) is 3. The van der Waals surface area contributed by atoms with E-state index in [0.29, 0.717) is 30.2 Å². The molecule has 0 fully saturated rings. The Morgan fingerprint density at radius 1 is 0.614 bits per heavy atom. The number of rotatable bonds is 9. The van der Waals surface area contributed by atoms with Gasteiger partial charge < -0.3 is 14.5 Å². The standard InChI is InChI=1S/C40H33NO3/c1-27-9-14-30(15-10-27)40(36-7-4-3-6-34(36)35-22-11-28(2)26-37(35)40)31-16-20-33(21-17-31)44-25-24-43-32-18-12-29(13-19-32)39(42)38-8-5-23-41-38/h3-23,26,41H,24-25H2,1-2H3. The van der Waals surface area contributed by atoms with Crippen molar-refractivity contribution >= 4 is 5.78 Å². The smallest absolute Gasteiger partial charge is 0.209 e. The summed E-state index contributed by atoms with van der Waals surface area (Å²) in [5, 5.41) is 0. The first-order valence-electron chi connectivity index (χ1n) is 15.0. The number of ketones is 1. The monoisotopic (exact) mass is 575 g/mol. The lowest BCUT2D eigenvalue weighted by Crippen LogP contribution is -2.28. The van der Waals surface area contributed by atoms with Crippen molar-refractivity contribution in [3.8, 4) is 22.6 Å². The third-order valence-corrected chi connectivity index (χ3v) is 8.55. The summed E-state index contributed by atoms with van der Waals surface area (Å²) in [5.74, 6) is 1.44. The fourth-order valence-electron chi connectivity index (χ4n) is 6.44. The van der Waals surface area contributed by atoms with E-state index >= 15 is 0 Å². The van der Waals surface area contributed by atoms with Crippen LogP contribution in [0, 0.1) is 13.8 Å². The zero-order valence-corrected chi connectivity index (χ0v) is 24.8. The Hall–Kier alpha value is -5.35. The number of aryl methyl sites for hydroxylation is 2. The molecule has 44 heavy (non-hydrogen) atoms. The van der Waals surface area contributed by atoms with E-state index < -0.39 is 5.41 Å². The largest absolute Gasteiger partial charge is 0.490 e. The molecular formula is C40H33NO3. The van der Waals surface area contributed by atoms with Crippen molar-refractivity contribution in [2.24, 2.45) is 0 Å². The Bertz CT molecular complexity index is 1920. The van der Waals surface area contributed by atoms with Gasteiger partial charge in [0.2, 0.25) is 5.78 Å². The van der Waals surface area contributed by atoms with Gasteiger partial charge in [-0.1, -0.05) is 90.0 Å². The Labute approximate surface area is 257 Å². The normalized spacial score (nSPS) is 15.0. The summed E-state index contributed by atoms with van der Waals surface area (Å²) in [6, 6.07) is 43.8. The van der Waals surface area contributed by atoms with Crippen LogP contribution < -0.4 is 9.47 Å². The lowest BCUT2D eigenvalue weighted by molar-refractivity contribution is 0.103. The highest BCUT2D eigenvalue weighted by Crippen LogP contribution is 2.56. The van der Waals surface area contributed by atoms with Crippen LogP contribution >= 0.6 is 0 Å². The Balaban J connectivity index is 1.11. The number of ether oxygens (including phenoxy) is 2. The number of hydrogen-bond donors (Lipinski definition) is 1. The minimum Gasteiger partial charge on any atom is -0.490 e. The first-order valence-corrected chi connectivity index (χ1v) is 15.0. The van der Waals surface area contributed by atoms with Gasteiger partial charge in [-0.25, -0.2) is 0 Å². The van der Waals surface area contributed by atoms with E-state index in [1.807, 2.05) is 18.2 Å². The van der Waals surface area contributed by atoms with E-state index in [4.69, 9.17) is 9.47 Å². The molecule has 216 valence electrons. The number of aromatic nitrogens is 1. The quantitative estimate of drug-likeness (QED) is 0.138. The third-order valence-electron chi connectivity index (χ3n) is 8.55. The highest BCUT2D eigenvalue weighted by atomic mass is 16.5. The maximum absolute atomic E-state index is 12.5. The number of carbonyl (C=O) groups is 1. The number of benzene rings is 5. The molecule has 0 spiro atoms. The van der Waals surface area contributed by atoms with Crippen molar-refractivity contribution in [2.75, 3.05) is 13.2 Å². The summed E-state index contributed by atoms with van der Waals surface area (Å²) < 4.78 is 12.0. The summed E-state index contributed by atoms with van der Waals surface area (Å²) >= 11 is 0. The first-order chi connectivity index (χ1) is 21.5. The van der Waals surface area contributed by atoms with Crippen molar-refractivity contribution in [1.29, 1.82) is 0 Å². The molecule has 1 atom stereocenters. The highest BCUT2D eigenvalue weighted by Gasteiger charge is 2.46. The minimum absolute atomic E-state index is 0.0443. The van der Waals surface area contributed by atoms with Crippen LogP contribution in [0.1, 0.15) is 49.4 Å². The number of nitrogens with one attached hydrogen (secondary N) is 1. The summed E-state index contributed by atoms with van der Waals surface area (Å²) in [6.45, 7) is 5.09. The first kappa shape index (κ1) is 27.5. The molecule has 0 radical (unpaired) electrons. The topological polar surface area (TPSA) is 51.3 Å². The predicted molar refractivity (Wildman–Crippen MR) is 175 cm³/mol. The molecule has 5 aromatic carbocycles. The predicted octanol–water partition coefficient (Wildman–Crippen LogP) is 8.68. The molecule has 1 aromatic heterocycles. The molecule has 0 saturated heterocycles. The second kappa shape index (κ2) is 11.4. The summed E-state index contributed by atoms with van der Waals surface area (Å²) in [7, 11) is 0. The highest BCUT2D eigenvalue weighted by molar-refractivity contribution is 6.07. The fraction of sp³-hybridized carbons (Fsp3) is 0.125. The molecule has 0 amide bonds. The van der Waals surface area contributed by atoms with Crippen molar-refractivity contribution < 1.29 is 14.3 Å². The molecule has 6 aromatic rings. The van der Waals surface area contributed by atoms with Gasteiger partial charge in [-0.05, 0) is 95.8 Å². The van der Waals surface area contributed by atoms with Crippen LogP contribution in [0.5, 0.6) is 11.5 Å². The number of fused-ring (bicyclic) bond motifs is 3. The van der Waals surface area contributed by atoms with E-state index in [2.05, 4.69) is 110 Å². The van der Waals surface area contributed by atoms with E-state index in [1.54, 1.807) is 24.4 Å². The van der Waals surface area contributed by atoms with Gasteiger partial charge in [0.25, 0.3) is 0 Å². The average molecular weight is 576 g/mol. The molecule has 1 heterocycles. The van der Waals surface area contributed by atoms with E-state index in [-0.39, 0.29) is 5.78 Å². The molecule has 1 unspecified atom stereocenters. The second-order valence-electron chi connectivity index (χ2n) is 11.4. The van der Waals surface area contributed by atoms with Crippen LogP contribution in [-0.2, 0) is 5.41 Å². The van der Waals surface area contributed by atoms with Crippen molar-refractivity contribution in [3.05, 3.63) is 178 Å². The molecule has 1 aliphatic carbocycles. The van der Waals surface area contributed by atoms with Crippen LogP contribution in [-0.4, -0.2) is 24.0 Å². The van der Waals surface area contributed by atoms with Crippen LogP contribution in [0.25, 0.3) is 11.1 Å². The Kier molecular flexibility index (Phi) is 7.11. The molecule has 0 saturated carbocycles. The van der Waals surface area contributed by atoms with E-state index in [0.717, 1.165) is 5.75 Å². The van der Waals surface area contributed by atoms with Crippen LogP contribution in [0.2, 0.25) is 0 Å². The molecule has 4 nitrogen and oxygen atoms in total. The molecular weight excluding hydrogens is 542 g/mol. The van der Waals surface area contributed by atoms with Gasteiger partial charge in [0.1, 0.15) is 24.7 Å². The van der Waals surface area contributed by atoms with Crippen molar-refractivity contribution in [2.45, 2.75) is 19.3 Å². The Morgan fingerprint density at radius 3 is 1.86 bits per heavy atom. The van der Waals surface area contributed by atoms with Gasteiger partial charge >= 0.3 is 0 Å². The summed E-state index contributed by atoms with van der Waals surface area (Å²) in [6.07, 6.45) is 1.74. The van der Waals surface area contributed by atoms with Gasteiger partial charge in [-0.2, -0.15) is 0 Å². The molecule has 1 aliphatic rings. The third kappa shape index (κ3) is 4.79. The van der Waals surface area contributed by atoms with Crippen molar-refractivity contribution in [3.63, 3.8) is 0 Å². The molecule has 7 rings (SSSR count). The van der Waals surface area contributed by atoms with Gasteiger partial charge in [0, 0.05) is 11.8 Å². The lowest BCUT2D eigenvalue weighted by Gasteiger charge is -2.34. The number of H-pyrrole nitrogens is 1. The van der Waals surface area contributed by atoms with E-state index in [1.165, 1.54) is 44.5 Å². The average Bonchev–Trinajstić information content (AvgIpc) is 3.70. The second-order valence-corrected chi connectivity index (χ2v) is 11.4. The van der Waals surface area contributed by atoms with Crippen LogP contribution in [0.15, 0.2) is 134 Å². The van der Waals surface area contributed by atoms with Crippen LogP contribution in [0.4, 0.5) is 0 Å². The zero-order chi connectivity index (χ0) is 30.1. The number of aromatic amines is 1. The van der Waals surface area contributed by atoms with Crippen molar-refractivity contribution in [1.82, 2.24) is 4.98 Å². The van der Waals surface area contributed by atoms with E-state index in [9.17, 15) is 4.79 Å². The van der Waals surface area contributed by atoms with Crippen LogP contribution in [0.3, 0.4) is 0 Å². The molecule has 4 heteroatoms. The van der Waals surface area contributed by atoms with Gasteiger partial charge in [-0.15, -0.1) is 0 Å². The lowest BCUT2D eigenvalue weighted by atomic mass is 9.67. The summed E-state index contributed by atoms with van der Waals surface area (Å²) in [5.41, 5.74) is 10.9. The van der Waals surface area contributed by atoms with Gasteiger partial charge in [-0.3, -0.25) is 4.79 Å².